The summed E-state index contributed by atoms with van der Waals surface area (Å²) in [5.74, 6) is -0.269. The Bertz CT molecular complexity index is 979. The van der Waals surface area contributed by atoms with Crippen molar-refractivity contribution in [3.05, 3.63) is 59.6 Å². The smallest absolute Gasteiger partial charge is 0.259 e. The topological polar surface area (TPSA) is 95.9 Å². The van der Waals surface area contributed by atoms with Crippen LogP contribution in [0, 0.1) is 5.92 Å². The molecule has 170 valence electrons. The van der Waals surface area contributed by atoms with Crippen molar-refractivity contribution in [2.75, 3.05) is 26.7 Å². The summed E-state index contributed by atoms with van der Waals surface area (Å²) in [4.78, 5) is 37.8. The second-order valence-electron chi connectivity index (χ2n) is 8.17. The van der Waals surface area contributed by atoms with Gasteiger partial charge < -0.3 is 19.6 Å². The zero-order valence-electron chi connectivity index (χ0n) is 18.9. The number of amides is 2. The second kappa shape index (κ2) is 10.4. The van der Waals surface area contributed by atoms with E-state index in [-0.39, 0.29) is 36.3 Å². The van der Waals surface area contributed by atoms with E-state index in [1.54, 1.807) is 47.4 Å². The van der Waals surface area contributed by atoms with Gasteiger partial charge in [-0.3, -0.25) is 14.6 Å². The lowest BCUT2D eigenvalue weighted by Crippen LogP contribution is -2.50. The summed E-state index contributed by atoms with van der Waals surface area (Å²) in [6.07, 6.45) is 8.13. The van der Waals surface area contributed by atoms with Crippen LogP contribution in [0.3, 0.4) is 0 Å². The van der Waals surface area contributed by atoms with Crippen molar-refractivity contribution in [2.24, 2.45) is 5.92 Å². The minimum Gasteiger partial charge on any atom is -0.472 e. The molecule has 3 heterocycles. The van der Waals surface area contributed by atoms with Crippen LogP contribution in [0.2, 0.25) is 0 Å². The van der Waals surface area contributed by atoms with Crippen LogP contribution in [0.15, 0.2) is 42.9 Å². The van der Waals surface area contributed by atoms with Crippen LogP contribution in [-0.2, 0) is 0 Å². The number of rotatable bonds is 6. The normalized spacial score (nSPS) is 19.7. The highest BCUT2D eigenvalue weighted by Crippen LogP contribution is 2.27. The number of aliphatic hydroxyl groups excluding tert-OH is 1. The molecule has 8 heteroatoms. The third-order valence-electron chi connectivity index (χ3n) is 5.61. The van der Waals surface area contributed by atoms with E-state index < -0.39 is 6.10 Å². The van der Waals surface area contributed by atoms with E-state index in [0.717, 1.165) is 5.56 Å². The lowest BCUT2D eigenvalue weighted by molar-refractivity contribution is 0.0313. The highest BCUT2D eigenvalue weighted by Gasteiger charge is 2.34. The van der Waals surface area contributed by atoms with Gasteiger partial charge in [-0.1, -0.05) is 19.1 Å². The molecular weight excluding hydrogens is 408 g/mol. The average Bonchev–Trinajstić information content (AvgIpc) is 2.81. The van der Waals surface area contributed by atoms with E-state index in [9.17, 15) is 14.7 Å². The number of likely N-dealkylation sites (N-methyl/N-ethyl adjacent to an activating group) is 1. The van der Waals surface area contributed by atoms with Crippen molar-refractivity contribution in [1.82, 2.24) is 19.8 Å². The summed E-state index contributed by atoms with van der Waals surface area (Å²) in [5.41, 5.74) is 1.63. The Labute approximate surface area is 188 Å². The Morgan fingerprint density at radius 1 is 1.44 bits per heavy atom. The molecule has 1 aliphatic heterocycles. The highest BCUT2D eigenvalue weighted by atomic mass is 16.5. The number of hydrogen-bond acceptors (Lipinski definition) is 6. The van der Waals surface area contributed by atoms with Crippen molar-refractivity contribution in [3.8, 4) is 5.88 Å². The predicted octanol–water partition coefficient (Wildman–Crippen LogP) is 2.50. The van der Waals surface area contributed by atoms with Gasteiger partial charge in [-0.25, -0.2) is 4.98 Å². The quantitative estimate of drug-likeness (QED) is 0.745. The molecule has 0 aromatic carbocycles. The number of carbonyl (C=O) groups is 2. The van der Waals surface area contributed by atoms with Gasteiger partial charge >= 0.3 is 0 Å². The number of fused-ring (bicyclic) bond motifs is 1. The van der Waals surface area contributed by atoms with E-state index in [1.165, 1.54) is 6.20 Å². The summed E-state index contributed by atoms with van der Waals surface area (Å²) in [6, 6.07) is 4.83. The van der Waals surface area contributed by atoms with Crippen LogP contribution < -0.4 is 4.74 Å². The second-order valence-corrected chi connectivity index (χ2v) is 8.17. The van der Waals surface area contributed by atoms with Gasteiger partial charge in [0.05, 0.1) is 24.8 Å². The minimum atomic E-state index is -0.402. The third-order valence-corrected chi connectivity index (χ3v) is 5.61. The molecule has 0 aliphatic carbocycles. The summed E-state index contributed by atoms with van der Waals surface area (Å²) in [7, 11) is 1.72. The Morgan fingerprint density at radius 2 is 2.22 bits per heavy atom. The molecule has 0 spiro atoms. The lowest BCUT2D eigenvalue weighted by atomic mass is 9.99. The molecule has 0 fully saturated rings. The predicted molar refractivity (Wildman–Crippen MR) is 121 cm³/mol. The Hall–Kier alpha value is -3.26. The van der Waals surface area contributed by atoms with Crippen molar-refractivity contribution >= 4 is 17.9 Å². The van der Waals surface area contributed by atoms with Crippen LogP contribution in [0.5, 0.6) is 5.88 Å². The van der Waals surface area contributed by atoms with Gasteiger partial charge in [-0.2, -0.15) is 0 Å². The summed E-state index contributed by atoms with van der Waals surface area (Å²) < 4.78 is 6.22. The van der Waals surface area contributed by atoms with Gasteiger partial charge in [0, 0.05) is 38.1 Å². The standard InChI is InChI=1S/C24H30N4O4/c1-5-7-18-10-20-22(26-11-18)32-21(16(2)13-28(24(20)31)17(3)15-29)14-27(4)23(30)19-8-6-9-25-12-19/h5-12,16-17,21,29H,13-15H2,1-4H3/b7-5+/t16-,17+,21-/m1/s1. The first kappa shape index (κ1) is 23.4. The number of carbonyl (C=O) groups excluding carboxylic acids is 2. The van der Waals surface area contributed by atoms with Crippen molar-refractivity contribution in [3.63, 3.8) is 0 Å². The average molecular weight is 439 g/mol. The molecule has 2 aromatic rings. The molecule has 3 atom stereocenters. The molecule has 8 nitrogen and oxygen atoms in total. The van der Waals surface area contributed by atoms with Gasteiger partial charge in [-0.05, 0) is 37.6 Å². The number of pyridine rings is 2. The fraction of sp³-hybridized carbons (Fsp3) is 0.417. The van der Waals surface area contributed by atoms with Crippen LogP contribution in [0.25, 0.3) is 6.08 Å². The summed E-state index contributed by atoms with van der Waals surface area (Å²) in [5, 5.41) is 9.74. The van der Waals surface area contributed by atoms with Gasteiger partial charge in [0.1, 0.15) is 11.7 Å². The maximum Gasteiger partial charge on any atom is 0.259 e. The van der Waals surface area contributed by atoms with Crippen molar-refractivity contribution in [1.29, 1.82) is 0 Å². The highest BCUT2D eigenvalue weighted by molar-refractivity contribution is 5.97. The van der Waals surface area contributed by atoms with Crippen LogP contribution in [-0.4, -0.2) is 75.6 Å². The minimum absolute atomic E-state index is 0.109. The number of allylic oxidation sites excluding steroid dienone is 1. The van der Waals surface area contributed by atoms with Gasteiger partial charge in [0.2, 0.25) is 5.88 Å². The number of hydrogen-bond donors (Lipinski definition) is 1. The SMILES string of the molecule is C/C=C/c1cnc2c(c1)C(=O)N([C@@H](C)CO)C[C@@H](C)[C@@H](CN(C)C(=O)c1cccnc1)O2. The number of aromatic nitrogens is 2. The third kappa shape index (κ3) is 5.13. The zero-order chi connectivity index (χ0) is 23.3. The van der Waals surface area contributed by atoms with Crippen LogP contribution in [0.1, 0.15) is 47.1 Å². The molecule has 0 unspecified atom stereocenters. The number of nitrogens with zero attached hydrogens (tertiary/aromatic N) is 4. The van der Waals surface area contributed by atoms with Crippen molar-refractivity contribution in [2.45, 2.75) is 32.9 Å². The maximum atomic E-state index is 13.3. The molecule has 0 saturated heterocycles. The number of aliphatic hydroxyl groups is 1. The Kier molecular flexibility index (Phi) is 7.58. The fourth-order valence-electron chi connectivity index (χ4n) is 3.68. The first-order valence-electron chi connectivity index (χ1n) is 10.7. The molecule has 2 amide bonds. The molecule has 3 rings (SSSR count). The largest absolute Gasteiger partial charge is 0.472 e. The Morgan fingerprint density at radius 3 is 2.88 bits per heavy atom. The Balaban J connectivity index is 1.93. The van der Waals surface area contributed by atoms with Crippen molar-refractivity contribution < 1.29 is 19.4 Å². The van der Waals surface area contributed by atoms with Crippen LogP contribution >= 0.6 is 0 Å². The summed E-state index contributed by atoms with van der Waals surface area (Å²) >= 11 is 0. The van der Waals surface area contributed by atoms with Gasteiger partial charge in [0.25, 0.3) is 11.8 Å². The molecule has 2 aromatic heterocycles. The zero-order valence-corrected chi connectivity index (χ0v) is 18.9. The van der Waals surface area contributed by atoms with E-state index >= 15 is 0 Å². The molecule has 32 heavy (non-hydrogen) atoms. The molecule has 1 aliphatic rings. The molecule has 0 bridgehead atoms. The monoisotopic (exact) mass is 438 g/mol. The molecule has 1 N–H and O–H groups in total. The lowest BCUT2D eigenvalue weighted by Gasteiger charge is -2.37. The summed E-state index contributed by atoms with van der Waals surface area (Å²) in [6.45, 7) is 6.21. The maximum absolute atomic E-state index is 13.3. The van der Waals surface area contributed by atoms with E-state index in [4.69, 9.17) is 4.74 Å². The van der Waals surface area contributed by atoms with Gasteiger partial charge in [0.15, 0.2) is 0 Å². The van der Waals surface area contributed by atoms with E-state index in [0.29, 0.717) is 24.2 Å². The van der Waals surface area contributed by atoms with E-state index in [2.05, 4.69) is 9.97 Å². The molecule has 0 radical (unpaired) electrons. The fourth-order valence-corrected chi connectivity index (χ4v) is 3.68. The molecular formula is C24H30N4O4. The number of ether oxygens (including phenoxy) is 1. The first-order chi connectivity index (χ1) is 15.3. The van der Waals surface area contributed by atoms with Crippen LogP contribution in [0.4, 0.5) is 0 Å². The van der Waals surface area contributed by atoms with Gasteiger partial charge in [-0.15, -0.1) is 0 Å². The van der Waals surface area contributed by atoms with E-state index in [1.807, 2.05) is 32.9 Å². The first-order valence-corrected chi connectivity index (χ1v) is 10.7. The molecule has 0 saturated carbocycles.